The highest BCUT2D eigenvalue weighted by Gasteiger charge is 2.09. The van der Waals surface area contributed by atoms with Crippen LogP contribution in [0, 0.1) is 6.92 Å². The van der Waals surface area contributed by atoms with Gasteiger partial charge < -0.3 is 9.84 Å². The highest BCUT2D eigenvalue weighted by atomic mass is 16.5. The molecule has 0 saturated carbocycles. The minimum absolute atomic E-state index is 0.260. The molecule has 15 heavy (non-hydrogen) atoms. The van der Waals surface area contributed by atoms with Crippen molar-refractivity contribution >= 4 is 5.91 Å². The third-order valence-corrected chi connectivity index (χ3v) is 2.04. The molecule has 2 aromatic heterocycles. The van der Waals surface area contributed by atoms with E-state index in [4.69, 9.17) is 0 Å². The molecule has 78 valence electrons. The van der Waals surface area contributed by atoms with Gasteiger partial charge in [-0.25, -0.2) is 0 Å². The third-order valence-electron chi connectivity index (χ3n) is 2.04. The molecule has 0 atom stereocenters. The number of aryl methyl sites for hydroxylation is 1. The van der Waals surface area contributed by atoms with Crippen LogP contribution in [0.1, 0.15) is 21.7 Å². The summed E-state index contributed by atoms with van der Waals surface area (Å²) in [6, 6.07) is 1.51. The van der Waals surface area contributed by atoms with Crippen molar-refractivity contribution in [3.8, 4) is 0 Å². The van der Waals surface area contributed by atoms with Crippen LogP contribution in [-0.2, 0) is 6.54 Å². The number of aromatic amines is 1. The largest absolute Gasteiger partial charge is 0.364 e. The number of nitrogens with one attached hydrogen (secondary N) is 2. The van der Waals surface area contributed by atoms with E-state index in [0.717, 1.165) is 11.3 Å². The molecule has 0 bridgehead atoms. The van der Waals surface area contributed by atoms with Crippen LogP contribution in [0.5, 0.6) is 0 Å². The van der Waals surface area contributed by atoms with Gasteiger partial charge in [0, 0.05) is 23.9 Å². The Labute approximate surface area is 85.7 Å². The second-order valence-corrected chi connectivity index (χ2v) is 3.09. The minimum atomic E-state index is -0.260. The number of amides is 1. The summed E-state index contributed by atoms with van der Waals surface area (Å²) in [7, 11) is 0. The smallest absolute Gasteiger partial charge is 0.273 e. The lowest BCUT2D eigenvalue weighted by Crippen LogP contribution is -2.23. The molecule has 2 heterocycles. The van der Waals surface area contributed by atoms with E-state index in [2.05, 4.69) is 25.2 Å². The Morgan fingerprint density at radius 3 is 3.13 bits per heavy atom. The molecular weight excluding hydrogens is 196 g/mol. The number of rotatable bonds is 3. The maximum Gasteiger partial charge on any atom is 0.273 e. The molecule has 6 heteroatoms. The Balaban J connectivity index is 1.95. The SMILES string of the molecule is Cc1[nH]ncc1CNC(=O)c1ccon1. The predicted octanol–water partition coefficient (Wildman–Crippen LogP) is 0.636. The molecule has 0 aliphatic carbocycles. The standard InChI is InChI=1S/C9H10N4O2/c1-6-7(5-11-12-6)4-10-9(14)8-2-3-15-13-8/h2-3,5H,4H2,1H3,(H,10,14)(H,11,12). The van der Waals surface area contributed by atoms with Gasteiger partial charge in [-0.05, 0) is 6.92 Å². The number of aromatic nitrogens is 3. The van der Waals surface area contributed by atoms with E-state index >= 15 is 0 Å². The van der Waals surface area contributed by atoms with Crippen molar-refractivity contribution in [3.63, 3.8) is 0 Å². The monoisotopic (exact) mass is 206 g/mol. The van der Waals surface area contributed by atoms with Crippen molar-refractivity contribution in [2.75, 3.05) is 0 Å². The van der Waals surface area contributed by atoms with Crippen molar-refractivity contribution in [1.82, 2.24) is 20.7 Å². The number of carbonyl (C=O) groups is 1. The second-order valence-electron chi connectivity index (χ2n) is 3.09. The van der Waals surface area contributed by atoms with Crippen molar-refractivity contribution in [2.24, 2.45) is 0 Å². The lowest BCUT2D eigenvalue weighted by molar-refractivity contribution is 0.0942. The van der Waals surface area contributed by atoms with E-state index < -0.39 is 0 Å². The maximum atomic E-state index is 11.4. The molecule has 0 saturated heterocycles. The molecule has 0 aromatic carbocycles. The number of hydrogen-bond donors (Lipinski definition) is 2. The summed E-state index contributed by atoms with van der Waals surface area (Å²) >= 11 is 0. The molecular formula is C9H10N4O2. The van der Waals surface area contributed by atoms with Crippen LogP contribution in [0.3, 0.4) is 0 Å². The first-order valence-electron chi connectivity index (χ1n) is 4.45. The summed E-state index contributed by atoms with van der Waals surface area (Å²) in [6.45, 7) is 2.32. The third kappa shape index (κ3) is 2.04. The average Bonchev–Trinajstić information content (AvgIpc) is 2.85. The average molecular weight is 206 g/mol. The van der Waals surface area contributed by atoms with Crippen molar-refractivity contribution in [2.45, 2.75) is 13.5 Å². The molecule has 0 spiro atoms. The molecule has 2 aromatic rings. The molecule has 0 fully saturated rings. The summed E-state index contributed by atoms with van der Waals surface area (Å²) in [4.78, 5) is 11.4. The van der Waals surface area contributed by atoms with Gasteiger partial charge in [-0.2, -0.15) is 5.10 Å². The van der Waals surface area contributed by atoms with Gasteiger partial charge in [0.05, 0.1) is 6.20 Å². The molecule has 0 unspecified atom stereocenters. The fraction of sp³-hybridized carbons (Fsp3) is 0.222. The van der Waals surface area contributed by atoms with Crippen LogP contribution in [0.4, 0.5) is 0 Å². The van der Waals surface area contributed by atoms with E-state index in [1.807, 2.05) is 6.92 Å². The first kappa shape index (κ1) is 9.45. The summed E-state index contributed by atoms with van der Waals surface area (Å²) in [6.07, 6.45) is 3.04. The van der Waals surface area contributed by atoms with Crippen LogP contribution >= 0.6 is 0 Å². The molecule has 0 radical (unpaired) electrons. The van der Waals surface area contributed by atoms with Crippen molar-refractivity contribution in [1.29, 1.82) is 0 Å². The Hall–Kier alpha value is -2.11. The van der Waals surface area contributed by atoms with Gasteiger partial charge in [-0.1, -0.05) is 5.16 Å². The van der Waals surface area contributed by atoms with Crippen LogP contribution in [0.15, 0.2) is 23.0 Å². The number of H-pyrrole nitrogens is 1. The molecule has 0 aliphatic heterocycles. The van der Waals surface area contributed by atoms with Gasteiger partial charge in [-0.15, -0.1) is 0 Å². The van der Waals surface area contributed by atoms with Gasteiger partial charge in [0.2, 0.25) is 0 Å². The zero-order valence-corrected chi connectivity index (χ0v) is 8.15. The summed E-state index contributed by atoms with van der Waals surface area (Å²) in [5.74, 6) is -0.260. The highest BCUT2D eigenvalue weighted by molar-refractivity contribution is 5.91. The van der Waals surface area contributed by atoms with Crippen LogP contribution in [-0.4, -0.2) is 21.3 Å². The molecule has 0 aliphatic rings. The van der Waals surface area contributed by atoms with Crippen LogP contribution in [0.2, 0.25) is 0 Å². The van der Waals surface area contributed by atoms with E-state index in [9.17, 15) is 4.79 Å². The Morgan fingerprint density at radius 1 is 1.67 bits per heavy atom. The minimum Gasteiger partial charge on any atom is -0.364 e. The van der Waals surface area contributed by atoms with Gasteiger partial charge in [0.25, 0.3) is 5.91 Å². The Morgan fingerprint density at radius 2 is 2.53 bits per heavy atom. The van der Waals surface area contributed by atoms with E-state index in [1.165, 1.54) is 12.3 Å². The lowest BCUT2D eigenvalue weighted by Gasteiger charge is -2.00. The molecule has 6 nitrogen and oxygen atoms in total. The Bertz CT molecular complexity index is 446. The van der Waals surface area contributed by atoms with E-state index in [-0.39, 0.29) is 11.6 Å². The molecule has 2 rings (SSSR count). The Kier molecular flexibility index (Phi) is 2.49. The molecule has 2 N–H and O–H groups in total. The summed E-state index contributed by atoms with van der Waals surface area (Å²) in [5.41, 5.74) is 2.17. The first-order valence-corrected chi connectivity index (χ1v) is 4.45. The lowest BCUT2D eigenvalue weighted by atomic mass is 10.2. The number of carbonyl (C=O) groups excluding carboxylic acids is 1. The van der Waals surface area contributed by atoms with E-state index in [0.29, 0.717) is 6.54 Å². The maximum absolute atomic E-state index is 11.4. The second kappa shape index (κ2) is 3.95. The predicted molar refractivity (Wildman–Crippen MR) is 51.0 cm³/mol. The summed E-state index contributed by atoms with van der Waals surface area (Å²) < 4.78 is 4.57. The van der Waals surface area contributed by atoms with Gasteiger partial charge in [-0.3, -0.25) is 9.89 Å². The van der Waals surface area contributed by atoms with Crippen molar-refractivity contribution in [3.05, 3.63) is 35.5 Å². The normalized spacial score (nSPS) is 10.2. The van der Waals surface area contributed by atoms with Gasteiger partial charge in [0.1, 0.15) is 6.26 Å². The number of hydrogen-bond acceptors (Lipinski definition) is 4. The van der Waals surface area contributed by atoms with Gasteiger partial charge >= 0.3 is 0 Å². The highest BCUT2D eigenvalue weighted by Crippen LogP contribution is 2.02. The summed E-state index contributed by atoms with van der Waals surface area (Å²) in [5, 5.41) is 12.9. The zero-order chi connectivity index (χ0) is 10.7. The fourth-order valence-corrected chi connectivity index (χ4v) is 1.15. The quantitative estimate of drug-likeness (QED) is 0.771. The molecule has 1 amide bonds. The van der Waals surface area contributed by atoms with Crippen molar-refractivity contribution < 1.29 is 9.32 Å². The topological polar surface area (TPSA) is 83.8 Å². The van der Waals surface area contributed by atoms with Crippen LogP contribution in [0.25, 0.3) is 0 Å². The van der Waals surface area contributed by atoms with Gasteiger partial charge in [0.15, 0.2) is 5.69 Å². The fourth-order valence-electron chi connectivity index (χ4n) is 1.15. The first-order chi connectivity index (χ1) is 7.27. The van der Waals surface area contributed by atoms with Crippen LogP contribution < -0.4 is 5.32 Å². The van der Waals surface area contributed by atoms with E-state index in [1.54, 1.807) is 6.20 Å². The number of nitrogens with zero attached hydrogens (tertiary/aromatic N) is 2. The zero-order valence-electron chi connectivity index (χ0n) is 8.15.